The van der Waals surface area contributed by atoms with E-state index in [1.165, 1.54) is 12.8 Å². The van der Waals surface area contributed by atoms with Gasteiger partial charge in [0.1, 0.15) is 73.2 Å². The third kappa shape index (κ3) is 7.88. The first kappa shape index (κ1) is 47.4. The fourth-order valence-electron chi connectivity index (χ4n) is 14.7. The summed E-state index contributed by atoms with van der Waals surface area (Å²) in [4.78, 5) is 0. The van der Waals surface area contributed by atoms with Gasteiger partial charge in [0.25, 0.3) is 0 Å². The molecular weight excluding hydrogens is 828 g/mol. The van der Waals surface area contributed by atoms with Gasteiger partial charge in [0, 0.05) is 12.3 Å². The number of fused-ring (bicyclic) bond motifs is 7. The van der Waals surface area contributed by atoms with Crippen LogP contribution >= 0.6 is 0 Å². The monoisotopic (exact) mass is 902 g/mol. The molecule has 27 atom stereocenters. The van der Waals surface area contributed by atoms with Crippen LogP contribution in [0.5, 0.6) is 0 Å². The van der Waals surface area contributed by atoms with Gasteiger partial charge in [-0.25, -0.2) is 0 Å². The Kier molecular flexibility index (Phi) is 13.5. The largest absolute Gasteiger partial charge is 0.394 e. The minimum Gasteiger partial charge on any atom is -0.394 e. The van der Waals surface area contributed by atoms with E-state index >= 15 is 0 Å². The quantitative estimate of drug-likeness (QED) is 0.128. The molecule has 5 aliphatic heterocycles. The highest BCUT2D eigenvalue weighted by molar-refractivity contribution is 5.15. The van der Waals surface area contributed by atoms with Gasteiger partial charge in [0.15, 0.2) is 24.7 Å². The molecule has 362 valence electrons. The topological polar surface area (TPSA) is 276 Å². The van der Waals surface area contributed by atoms with Gasteiger partial charge in [-0.2, -0.15) is 0 Å². The van der Waals surface area contributed by atoms with E-state index in [-0.39, 0.29) is 23.0 Å². The van der Waals surface area contributed by atoms with E-state index < -0.39 is 118 Å². The lowest BCUT2D eigenvalue weighted by molar-refractivity contribution is -0.390. The SMILES string of the molecule is C[C@@H]1CC[C@@]2(OC1)O[C@H]1C[C@H]3[C@@H]4CC[C@H]5C[C@@H](O[C@H]6O[C@@H](CO)[C@H](O[C@@H]7O[C@H](CO)[C@@H](O)[C@H](O)[C@@H]7O[C@@H]7O[C@H](CO)[C@H](O)[C@H](O)[C@@H]7O)[C@@H](O)[C@@H]6O)CC[C@@]5(C)[C@@H]4CC[C@@]3(C)[C@H]1[C@@H]2C. The molecule has 0 aromatic rings. The number of aliphatic hydroxyl groups is 10. The van der Waals surface area contributed by atoms with E-state index in [2.05, 4.69) is 27.7 Å². The summed E-state index contributed by atoms with van der Waals surface area (Å²) in [6, 6.07) is 0. The van der Waals surface area contributed by atoms with Crippen molar-refractivity contribution in [2.45, 2.75) is 202 Å². The second-order valence-corrected chi connectivity index (χ2v) is 21.5. The minimum atomic E-state index is -1.89. The first-order valence-corrected chi connectivity index (χ1v) is 23.8. The summed E-state index contributed by atoms with van der Waals surface area (Å²) in [5.74, 6) is 3.29. The van der Waals surface area contributed by atoms with Crippen LogP contribution in [-0.2, 0) is 37.9 Å². The van der Waals surface area contributed by atoms with Crippen LogP contribution in [0.4, 0.5) is 0 Å². The zero-order chi connectivity index (χ0) is 44.9. The van der Waals surface area contributed by atoms with Gasteiger partial charge in [0.05, 0.1) is 38.6 Å². The van der Waals surface area contributed by atoms with Crippen molar-refractivity contribution in [2.75, 3.05) is 26.4 Å². The van der Waals surface area contributed by atoms with E-state index in [4.69, 9.17) is 37.9 Å². The van der Waals surface area contributed by atoms with Crippen LogP contribution in [0.3, 0.4) is 0 Å². The summed E-state index contributed by atoms with van der Waals surface area (Å²) in [5, 5.41) is 106. The van der Waals surface area contributed by atoms with Crippen LogP contribution in [0.15, 0.2) is 0 Å². The molecule has 0 unspecified atom stereocenters. The van der Waals surface area contributed by atoms with Crippen molar-refractivity contribution in [1.29, 1.82) is 0 Å². The van der Waals surface area contributed by atoms with Gasteiger partial charge < -0.3 is 89.0 Å². The molecule has 0 aromatic heterocycles. The number of ether oxygens (including phenoxy) is 8. The van der Waals surface area contributed by atoms with Crippen molar-refractivity contribution < 1.29 is 89.0 Å². The summed E-state index contributed by atoms with van der Waals surface area (Å²) in [6.45, 7) is 8.23. The Labute approximate surface area is 369 Å². The number of hydrogen-bond acceptors (Lipinski definition) is 18. The van der Waals surface area contributed by atoms with Crippen LogP contribution < -0.4 is 0 Å². The highest BCUT2D eigenvalue weighted by atomic mass is 16.8. The Balaban J connectivity index is 0.833. The van der Waals surface area contributed by atoms with Crippen LogP contribution in [0, 0.1) is 52.3 Å². The molecule has 0 aromatic carbocycles. The molecule has 63 heavy (non-hydrogen) atoms. The number of rotatable bonds is 9. The molecule has 9 aliphatic rings. The van der Waals surface area contributed by atoms with Gasteiger partial charge in [-0.15, -0.1) is 0 Å². The fourth-order valence-corrected chi connectivity index (χ4v) is 14.7. The van der Waals surface area contributed by atoms with Crippen LogP contribution in [0.2, 0.25) is 0 Å². The third-order valence-corrected chi connectivity index (χ3v) is 18.3. The Morgan fingerprint density at radius 1 is 0.556 bits per heavy atom. The van der Waals surface area contributed by atoms with E-state index in [0.717, 1.165) is 58.0 Å². The summed E-state index contributed by atoms with van der Waals surface area (Å²) in [7, 11) is 0. The molecule has 9 fully saturated rings. The van der Waals surface area contributed by atoms with Crippen molar-refractivity contribution in [3.63, 3.8) is 0 Å². The zero-order valence-corrected chi connectivity index (χ0v) is 37.0. The van der Waals surface area contributed by atoms with Gasteiger partial charge in [-0.1, -0.05) is 27.7 Å². The lowest BCUT2D eigenvalue weighted by atomic mass is 9.44. The van der Waals surface area contributed by atoms with Gasteiger partial charge in [-0.3, -0.25) is 0 Å². The van der Waals surface area contributed by atoms with Crippen LogP contribution in [0.25, 0.3) is 0 Å². The average Bonchev–Trinajstić information content (AvgIpc) is 3.72. The van der Waals surface area contributed by atoms with Gasteiger partial charge in [0.2, 0.25) is 0 Å². The van der Waals surface area contributed by atoms with Gasteiger partial charge in [-0.05, 0) is 104 Å². The maximum atomic E-state index is 11.5. The average molecular weight is 903 g/mol. The van der Waals surface area contributed by atoms with E-state index in [9.17, 15) is 51.1 Å². The second kappa shape index (κ2) is 18.0. The van der Waals surface area contributed by atoms with E-state index in [1.807, 2.05) is 0 Å². The Morgan fingerprint density at radius 2 is 1.16 bits per heavy atom. The lowest BCUT2D eigenvalue weighted by Crippen LogP contribution is -2.67. The van der Waals surface area contributed by atoms with E-state index in [1.54, 1.807) is 0 Å². The zero-order valence-electron chi connectivity index (χ0n) is 37.0. The second-order valence-electron chi connectivity index (χ2n) is 21.5. The standard InChI is InChI=1S/C45H74O18/c1-19-7-12-45(56-18-19)20(2)30-26(63-45)14-25-23-6-5-21-13-22(8-10-43(21,3)24(23)9-11-44(25,30)4)57-40-37(55)35(53)38(29(17-48)60-40)61-42-39(34(52)32(50)28(16-47)59-42)62-41-36(54)33(51)31(49)27(15-46)58-41/h19-42,46-55H,5-18H2,1-4H3/t19-,20+,21+,22+,23-,24-,25+,26+,27-,28-,29+,30+,31+,32-,33+,34+,35+,36+,37+,38+,39+,40+,41+,42+,43-,44-,45-/m1/s1. The number of aliphatic hydroxyl groups excluding tert-OH is 10. The molecule has 10 N–H and O–H groups in total. The molecule has 5 saturated heterocycles. The highest BCUT2D eigenvalue weighted by Gasteiger charge is 2.69. The Bertz CT molecular complexity index is 1570. The predicted molar refractivity (Wildman–Crippen MR) is 216 cm³/mol. The normalized spacial score (nSPS) is 58.2. The summed E-state index contributed by atoms with van der Waals surface area (Å²) >= 11 is 0. The first-order valence-electron chi connectivity index (χ1n) is 23.8. The molecule has 1 spiro atoms. The molecule has 4 saturated carbocycles. The van der Waals surface area contributed by atoms with Crippen molar-refractivity contribution >= 4 is 0 Å². The molecule has 0 radical (unpaired) electrons. The van der Waals surface area contributed by atoms with Crippen LogP contribution in [0.1, 0.15) is 91.9 Å². The van der Waals surface area contributed by atoms with Crippen molar-refractivity contribution in [2.24, 2.45) is 52.3 Å². The highest BCUT2D eigenvalue weighted by Crippen LogP contribution is 2.71. The molecule has 18 heteroatoms. The Hall–Kier alpha value is -0.720. The maximum absolute atomic E-state index is 11.5. The van der Waals surface area contributed by atoms with Gasteiger partial charge >= 0.3 is 0 Å². The maximum Gasteiger partial charge on any atom is 0.187 e. The first-order chi connectivity index (χ1) is 30.0. The van der Waals surface area contributed by atoms with Crippen molar-refractivity contribution in [3.05, 3.63) is 0 Å². The molecule has 5 heterocycles. The van der Waals surface area contributed by atoms with Crippen molar-refractivity contribution in [3.8, 4) is 0 Å². The molecular formula is C45H74O18. The molecule has 18 nitrogen and oxygen atoms in total. The third-order valence-electron chi connectivity index (χ3n) is 18.3. The van der Waals surface area contributed by atoms with Crippen LogP contribution in [-0.4, -0.2) is 188 Å². The molecule has 0 bridgehead atoms. The summed E-state index contributed by atoms with van der Waals surface area (Å²) < 4.78 is 49.0. The van der Waals surface area contributed by atoms with Crippen molar-refractivity contribution in [1.82, 2.24) is 0 Å². The minimum absolute atomic E-state index is 0.134. The lowest BCUT2D eigenvalue weighted by Gasteiger charge is -2.61. The molecule has 0 amide bonds. The number of hydrogen-bond donors (Lipinski definition) is 10. The fraction of sp³-hybridized carbons (Fsp3) is 1.00. The molecule has 9 rings (SSSR count). The predicted octanol–water partition coefficient (Wildman–Crippen LogP) is -0.734. The smallest absolute Gasteiger partial charge is 0.187 e. The molecule has 4 aliphatic carbocycles. The summed E-state index contributed by atoms with van der Waals surface area (Å²) in [5.41, 5.74) is 0.364. The van der Waals surface area contributed by atoms with E-state index in [0.29, 0.717) is 41.4 Å². The Morgan fingerprint density at radius 3 is 1.84 bits per heavy atom. The summed E-state index contributed by atoms with van der Waals surface area (Å²) in [6.07, 6.45) is -14.2.